The van der Waals surface area contributed by atoms with Gasteiger partial charge in [0.05, 0.1) is 6.20 Å². The minimum absolute atomic E-state index is 0.239. The number of carboxylic acids is 2. The fourth-order valence-corrected chi connectivity index (χ4v) is 0.668. The fourth-order valence-electron chi connectivity index (χ4n) is 0.668. The Labute approximate surface area is 66.2 Å². The average molecular weight is 171 g/mol. The maximum atomic E-state index is 10.4. The lowest BCUT2D eigenvalue weighted by molar-refractivity contribution is -0.137. The van der Waals surface area contributed by atoms with E-state index >= 15 is 0 Å². The molecule has 0 saturated carbocycles. The summed E-state index contributed by atoms with van der Waals surface area (Å²) < 4.78 is 0.796. The van der Waals surface area contributed by atoms with E-state index in [1.54, 1.807) is 0 Å². The lowest BCUT2D eigenvalue weighted by Gasteiger charge is -1.96. The van der Waals surface area contributed by atoms with Crippen LogP contribution in [0.15, 0.2) is 6.20 Å². The van der Waals surface area contributed by atoms with Gasteiger partial charge in [-0.15, -0.1) is 5.10 Å². The van der Waals surface area contributed by atoms with E-state index in [1.165, 1.54) is 0 Å². The van der Waals surface area contributed by atoms with Crippen molar-refractivity contribution in [2.45, 2.75) is 6.54 Å². The van der Waals surface area contributed by atoms with Gasteiger partial charge < -0.3 is 10.2 Å². The van der Waals surface area contributed by atoms with E-state index in [-0.39, 0.29) is 5.69 Å². The van der Waals surface area contributed by atoms with Gasteiger partial charge in [0.25, 0.3) is 0 Å². The first-order valence-electron chi connectivity index (χ1n) is 2.95. The van der Waals surface area contributed by atoms with E-state index in [0.29, 0.717) is 0 Å². The molecule has 2 N–H and O–H groups in total. The molecule has 7 heteroatoms. The molecule has 0 fully saturated rings. The number of nitrogens with zero attached hydrogens (tertiary/aromatic N) is 3. The highest BCUT2D eigenvalue weighted by atomic mass is 16.4. The summed E-state index contributed by atoms with van der Waals surface area (Å²) in [4.78, 5) is 20.5. The van der Waals surface area contributed by atoms with Crippen molar-refractivity contribution in [1.29, 1.82) is 0 Å². The first-order valence-corrected chi connectivity index (χ1v) is 2.95. The molecule has 0 aliphatic rings. The molecule has 0 aliphatic carbocycles. The second-order valence-corrected chi connectivity index (χ2v) is 1.98. The summed E-state index contributed by atoms with van der Waals surface area (Å²) in [6, 6.07) is 0. The fraction of sp³-hybridized carbons (Fsp3) is 0.200. The molecule has 0 saturated heterocycles. The molecule has 0 spiro atoms. The Morgan fingerprint density at radius 2 is 2.17 bits per heavy atom. The molecule has 12 heavy (non-hydrogen) atoms. The third-order valence-electron chi connectivity index (χ3n) is 1.12. The summed E-state index contributed by atoms with van der Waals surface area (Å²) in [5.74, 6) is -2.41. The maximum absolute atomic E-state index is 10.4. The Bertz CT molecular complexity index is 318. The van der Waals surface area contributed by atoms with Gasteiger partial charge >= 0.3 is 11.9 Å². The third kappa shape index (κ3) is 1.57. The summed E-state index contributed by atoms with van der Waals surface area (Å²) >= 11 is 0. The van der Waals surface area contributed by atoms with Gasteiger partial charge in [0, 0.05) is 0 Å². The lowest BCUT2D eigenvalue weighted by atomic mass is 10.5. The minimum atomic E-state index is -1.25. The Balaban J connectivity index is 2.91. The zero-order valence-corrected chi connectivity index (χ0v) is 5.84. The third-order valence-corrected chi connectivity index (χ3v) is 1.12. The molecule has 1 aromatic rings. The van der Waals surface area contributed by atoms with Gasteiger partial charge in [-0.25, -0.2) is 9.48 Å². The lowest BCUT2D eigenvalue weighted by Crippen LogP contribution is -2.15. The highest BCUT2D eigenvalue weighted by Gasteiger charge is 2.12. The van der Waals surface area contributed by atoms with Crippen molar-refractivity contribution in [3.63, 3.8) is 0 Å². The standard InChI is InChI=1S/C5H5N3O4/c9-4(10)2-8-3(5(11)12)1-6-7-8/h1H,2H2,(H,9,10)(H,11,12). The van der Waals surface area contributed by atoms with Crippen molar-refractivity contribution in [3.8, 4) is 0 Å². The molecule has 0 atom stereocenters. The highest BCUT2D eigenvalue weighted by Crippen LogP contribution is 1.95. The maximum Gasteiger partial charge on any atom is 0.355 e. The summed E-state index contributed by atoms with van der Waals surface area (Å²) in [6.45, 7) is -0.498. The molecular formula is C5H5N3O4. The predicted octanol–water partition coefficient (Wildman–Crippen LogP) is -0.939. The predicted molar refractivity (Wildman–Crippen MR) is 34.6 cm³/mol. The van der Waals surface area contributed by atoms with Gasteiger partial charge in [-0.1, -0.05) is 5.21 Å². The number of carbonyl (C=O) groups is 2. The molecule has 64 valence electrons. The molecule has 1 rings (SSSR count). The average Bonchev–Trinajstić information content (AvgIpc) is 2.33. The quantitative estimate of drug-likeness (QED) is 0.608. The normalized spacial score (nSPS) is 9.67. The zero-order chi connectivity index (χ0) is 9.14. The Morgan fingerprint density at radius 3 is 2.67 bits per heavy atom. The Kier molecular flexibility index (Phi) is 2.04. The molecular weight excluding hydrogens is 166 g/mol. The van der Waals surface area contributed by atoms with E-state index in [9.17, 15) is 9.59 Å². The molecule has 1 heterocycles. The Hall–Kier alpha value is -1.92. The van der Waals surface area contributed by atoms with Gasteiger partial charge in [-0.3, -0.25) is 4.79 Å². The van der Waals surface area contributed by atoms with E-state index in [0.717, 1.165) is 10.9 Å². The highest BCUT2D eigenvalue weighted by molar-refractivity contribution is 5.85. The van der Waals surface area contributed by atoms with Crippen LogP contribution in [-0.4, -0.2) is 37.1 Å². The molecule has 7 nitrogen and oxygen atoms in total. The van der Waals surface area contributed by atoms with Crippen LogP contribution in [0.25, 0.3) is 0 Å². The van der Waals surface area contributed by atoms with Gasteiger partial charge in [-0.05, 0) is 0 Å². The summed E-state index contributed by atoms with van der Waals surface area (Å²) in [6.07, 6.45) is 0.991. The van der Waals surface area contributed by atoms with E-state index in [2.05, 4.69) is 10.3 Å². The minimum Gasteiger partial charge on any atom is -0.480 e. The number of carboxylic acid groups (broad SMARTS) is 2. The van der Waals surface area contributed by atoms with E-state index in [1.807, 2.05) is 0 Å². The number of rotatable bonds is 3. The molecule has 0 bridgehead atoms. The second-order valence-electron chi connectivity index (χ2n) is 1.98. The van der Waals surface area contributed by atoms with Crippen molar-refractivity contribution in [2.75, 3.05) is 0 Å². The van der Waals surface area contributed by atoms with E-state index < -0.39 is 18.5 Å². The molecule has 0 unspecified atom stereocenters. The summed E-state index contributed by atoms with van der Waals surface area (Å²) in [5, 5.41) is 23.3. The topological polar surface area (TPSA) is 105 Å². The van der Waals surface area contributed by atoms with Gasteiger partial charge in [-0.2, -0.15) is 0 Å². The molecule has 0 amide bonds. The molecule has 0 radical (unpaired) electrons. The van der Waals surface area contributed by atoms with Crippen LogP contribution in [0.5, 0.6) is 0 Å². The van der Waals surface area contributed by atoms with Crippen LogP contribution in [0.3, 0.4) is 0 Å². The van der Waals surface area contributed by atoms with E-state index in [4.69, 9.17) is 10.2 Å². The largest absolute Gasteiger partial charge is 0.480 e. The number of aromatic nitrogens is 3. The van der Waals surface area contributed by atoms with Crippen molar-refractivity contribution >= 4 is 11.9 Å². The van der Waals surface area contributed by atoms with Gasteiger partial charge in [0.1, 0.15) is 6.54 Å². The van der Waals surface area contributed by atoms with Crippen LogP contribution in [-0.2, 0) is 11.3 Å². The second kappa shape index (κ2) is 2.99. The zero-order valence-electron chi connectivity index (χ0n) is 5.84. The number of aliphatic carboxylic acids is 1. The van der Waals surface area contributed by atoms with Gasteiger partial charge in [0.15, 0.2) is 5.69 Å². The van der Waals surface area contributed by atoms with Gasteiger partial charge in [0.2, 0.25) is 0 Å². The van der Waals surface area contributed by atoms with Crippen LogP contribution >= 0.6 is 0 Å². The van der Waals surface area contributed by atoms with Crippen LogP contribution in [0, 0.1) is 0 Å². The first kappa shape index (κ1) is 8.18. The number of aromatic carboxylic acids is 1. The van der Waals surface area contributed by atoms with Crippen molar-refractivity contribution in [1.82, 2.24) is 15.0 Å². The van der Waals surface area contributed by atoms with Crippen LogP contribution in [0.4, 0.5) is 0 Å². The summed E-state index contributed by atoms with van der Waals surface area (Å²) in [5.41, 5.74) is -0.239. The van der Waals surface area contributed by atoms with Crippen LogP contribution < -0.4 is 0 Å². The van der Waals surface area contributed by atoms with Crippen molar-refractivity contribution in [2.24, 2.45) is 0 Å². The molecule has 0 aliphatic heterocycles. The van der Waals surface area contributed by atoms with Crippen molar-refractivity contribution < 1.29 is 19.8 Å². The summed E-state index contributed by atoms with van der Waals surface area (Å²) in [7, 11) is 0. The number of hydrogen-bond acceptors (Lipinski definition) is 4. The monoisotopic (exact) mass is 171 g/mol. The van der Waals surface area contributed by atoms with Crippen LogP contribution in [0.1, 0.15) is 10.5 Å². The molecule has 0 aromatic carbocycles. The number of hydrogen-bond donors (Lipinski definition) is 2. The first-order chi connectivity index (χ1) is 5.61. The van der Waals surface area contributed by atoms with Crippen molar-refractivity contribution in [3.05, 3.63) is 11.9 Å². The van der Waals surface area contributed by atoms with Crippen LogP contribution in [0.2, 0.25) is 0 Å². The molecule has 1 aromatic heterocycles. The SMILES string of the molecule is O=C(O)Cn1nncc1C(=O)O. The smallest absolute Gasteiger partial charge is 0.355 e. The Morgan fingerprint density at radius 1 is 1.50 bits per heavy atom.